The van der Waals surface area contributed by atoms with Gasteiger partial charge in [0.05, 0.1) is 5.75 Å². The maximum atomic E-state index is 13.7. The normalized spacial score (nSPS) is 27.4. The van der Waals surface area contributed by atoms with Crippen molar-refractivity contribution in [3.63, 3.8) is 0 Å². The number of alkyl carbamates (subject to hydrolysis) is 1. The molecule has 0 unspecified atom stereocenters. The van der Waals surface area contributed by atoms with Gasteiger partial charge in [-0.2, -0.15) is 0 Å². The first-order valence-corrected chi connectivity index (χ1v) is 16.8. The van der Waals surface area contributed by atoms with Crippen molar-refractivity contribution in [1.29, 1.82) is 0 Å². The zero-order chi connectivity index (χ0) is 31.4. The van der Waals surface area contributed by atoms with Gasteiger partial charge in [-0.05, 0) is 77.0 Å². The maximum absolute atomic E-state index is 13.7. The molecule has 3 aliphatic rings. The molecule has 1 aromatic rings. The molecule has 3 N–H and O–H groups in total. The van der Waals surface area contributed by atoms with Crippen LogP contribution in [0.15, 0.2) is 36.4 Å². The summed E-state index contributed by atoms with van der Waals surface area (Å²) in [5.74, 6) is -2.54. The number of fused-ring (bicyclic) bond motifs is 2. The van der Waals surface area contributed by atoms with Gasteiger partial charge in [0.25, 0.3) is 5.91 Å². The van der Waals surface area contributed by atoms with Gasteiger partial charge >= 0.3 is 6.09 Å². The summed E-state index contributed by atoms with van der Waals surface area (Å²) in [5.41, 5.74) is -1.74. The quantitative estimate of drug-likeness (QED) is 0.418. The molecule has 0 radical (unpaired) electrons. The predicted molar refractivity (Wildman–Crippen MR) is 161 cm³/mol. The summed E-state index contributed by atoms with van der Waals surface area (Å²) in [6, 6.07) is 4.54. The van der Waals surface area contributed by atoms with Crippen LogP contribution >= 0.6 is 11.6 Å². The van der Waals surface area contributed by atoms with E-state index in [1.165, 1.54) is 4.90 Å². The molecule has 4 amide bonds. The largest absolute Gasteiger partial charge is 0.444 e. The number of allylic oxidation sites excluding steroid dienone is 1. The maximum Gasteiger partial charge on any atom is 0.408 e. The Bertz CT molecular complexity index is 1360. The number of halogens is 1. The van der Waals surface area contributed by atoms with Crippen molar-refractivity contribution in [2.24, 2.45) is 5.92 Å². The smallest absolute Gasteiger partial charge is 0.408 e. The second-order valence-corrected chi connectivity index (χ2v) is 14.7. The van der Waals surface area contributed by atoms with Crippen molar-refractivity contribution in [2.45, 2.75) is 101 Å². The highest BCUT2D eigenvalue weighted by Gasteiger charge is 2.61. The summed E-state index contributed by atoms with van der Waals surface area (Å²) in [7, 11) is -4.08. The van der Waals surface area contributed by atoms with E-state index in [9.17, 15) is 27.6 Å². The molecule has 0 aromatic heterocycles. The highest BCUT2D eigenvalue weighted by Crippen LogP contribution is 2.45. The third-order valence-corrected chi connectivity index (χ3v) is 9.31. The molecular weight excluding hydrogens is 596 g/mol. The summed E-state index contributed by atoms with van der Waals surface area (Å²) in [6.45, 7) is 5.53. The van der Waals surface area contributed by atoms with Gasteiger partial charge < -0.3 is 20.3 Å². The zero-order valence-corrected chi connectivity index (χ0v) is 26.4. The molecule has 43 heavy (non-hydrogen) atoms. The Morgan fingerprint density at radius 3 is 2.51 bits per heavy atom. The molecular formula is C30H41ClN4O7S. The van der Waals surface area contributed by atoms with E-state index in [4.69, 9.17) is 16.3 Å². The van der Waals surface area contributed by atoms with Crippen molar-refractivity contribution in [1.82, 2.24) is 20.3 Å². The molecule has 2 aliphatic heterocycles. The van der Waals surface area contributed by atoms with Gasteiger partial charge in [-0.1, -0.05) is 48.7 Å². The van der Waals surface area contributed by atoms with Crippen LogP contribution in [0.25, 0.3) is 0 Å². The Labute approximate surface area is 258 Å². The topological polar surface area (TPSA) is 151 Å². The fourth-order valence-electron chi connectivity index (χ4n) is 5.61. The van der Waals surface area contributed by atoms with Crippen LogP contribution in [0.3, 0.4) is 0 Å². The summed E-state index contributed by atoms with van der Waals surface area (Å²) >= 11 is 5.90. The Balaban J connectivity index is 1.53. The number of carbonyl (C=O) groups is 4. The molecule has 236 valence electrons. The van der Waals surface area contributed by atoms with Gasteiger partial charge in [-0.15, -0.1) is 0 Å². The molecule has 11 nitrogen and oxygen atoms in total. The van der Waals surface area contributed by atoms with Crippen molar-refractivity contribution >= 4 is 45.4 Å². The van der Waals surface area contributed by atoms with Crippen molar-refractivity contribution in [3.8, 4) is 0 Å². The van der Waals surface area contributed by atoms with Gasteiger partial charge in [0.2, 0.25) is 21.8 Å². The van der Waals surface area contributed by atoms with E-state index < -0.39 is 56.9 Å². The average molecular weight is 637 g/mol. The number of rotatable bonds is 5. The molecule has 1 aliphatic carbocycles. The minimum Gasteiger partial charge on any atom is -0.444 e. The Hall–Kier alpha value is -3.12. The number of benzene rings is 1. The van der Waals surface area contributed by atoms with Crippen LogP contribution < -0.4 is 15.4 Å². The number of carbonyl (C=O) groups excluding carboxylic acids is 4. The summed E-state index contributed by atoms with van der Waals surface area (Å²) < 4.78 is 33.4. The molecule has 1 saturated carbocycles. The van der Waals surface area contributed by atoms with Gasteiger partial charge in [-0.3, -0.25) is 19.1 Å². The number of ether oxygens (including phenoxy) is 1. The van der Waals surface area contributed by atoms with Crippen LogP contribution in [0.1, 0.15) is 77.7 Å². The summed E-state index contributed by atoms with van der Waals surface area (Å²) in [5, 5.41) is 5.98. The second-order valence-electron chi connectivity index (χ2n) is 12.5. The molecule has 13 heteroatoms. The number of hydrogen-bond acceptors (Lipinski definition) is 7. The summed E-state index contributed by atoms with van der Waals surface area (Å²) in [6.07, 6.45) is 7.71. The van der Waals surface area contributed by atoms with E-state index >= 15 is 0 Å². The minimum atomic E-state index is -4.08. The average Bonchev–Trinajstić information content (AvgIpc) is 3.36. The highest BCUT2D eigenvalue weighted by molar-refractivity contribution is 7.89. The van der Waals surface area contributed by atoms with Crippen LogP contribution in [0.2, 0.25) is 5.02 Å². The minimum absolute atomic E-state index is 0.237. The molecule has 4 atom stereocenters. The standard InChI is InChI=1S/C30H41ClN4O7S/c1-29(2,3)42-28(39)32-23-11-8-6-4-5-7-10-21-18-30(21,33-25(36)24-12-9-17-35(24)26(23)37)27(38)34-43(40,41)19-20-13-15-22(31)16-14-20/h7,10,13-16,21,23-24H,4-6,8-9,11-12,17-19H2,1-3H3,(H,32,39)(H,33,36)(H,34,38)/b10-7-/t21-,23-,24-,30+/m0/s1. The Kier molecular flexibility index (Phi) is 10.1. The summed E-state index contributed by atoms with van der Waals surface area (Å²) in [4.78, 5) is 54.9. The number of sulfonamides is 1. The van der Waals surface area contributed by atoms with Crippen LogP contribution in [-0.4, -0.2) is 66.9 Å². The lowest BCUT2D eigenvalue weighted by molar-refractivity contribution is -0.141. The van der Waals surface area contributed by atoms with E-state index in [-0.39, 0.29) is 18.2 Å². The van der Waals surface area contributed by atoms with E-state index in [1.807, 2.05) is 12.2 Å². The van der Waals surface area contributed by atoms with Crippen molar-refractivity contribution < 1.29 is 32.3 Å². The number of hydrogen-bond donors (Lipinski definition) is 3. The number of nitrogens with zero attached hydrogens (tertiary/aromatic N) is 1. The second kappa shape index (κ2) is 13.3. The molecule has 2 fully saturated rings. The van der Waals surface area contributed by atoms with E-state index in [0.717, 1.165) is 12.8 Å². The first kappa shape index (κ1) is 32.8. The first-order valence-electron chi connectivity index (χ1n) is 14.8. The highest BCUT2D eigenvalue weighted by atomic mass is 35.5. The van der Waals surface area contributed by atoms with E-state index in [1.54, 1.807) is 45.0 Å². The van der Waals surface area contributed by atoms with Crippen molar-refractivity contribution in [3.05, 3.63) is 47.0 Å². The Morgan fingerprint density at radius 2 is 1.81 bits per heavy atom. The van der Waals surface area contributed by atoms with Gasteiger partial charge in [0, 0.05) is 17.5 Å². The lowest BCUT2D eigenvalue weighted by atomic mass is 10.0. The SMILES string of the molecule is CC(C)(C)OC(=O)N[C@H]1CCCCC/C=C\[C@H]2C[C@@]2(C(=O)NS(=O)(=O)Cc2ccc(Cl)cc2)NC(=O)[C@@H]2CCCN2C1=O. The lowest BCUT2D eigenvalue weighted by Crippen LogP contribution is -2.58. The van der Waals surface area contributed by atoms with E-state index in [2.05, 4.69) is 15.4 Å². The lowest BCUT2D eigenvalue weighted by Gasteiger charge is -2.30. The third-order valence-electron chi connectivity index (χ3n) is 7.84. The Morgan fingerprint density at radius 1 is 1.09 bits per heavy atom. The fourth-order valence-corrected chi connectivity index (χ4v) is 6.91. The van der Waals surface area contributed by atoms with Gasteiger partial charge in [0.15, 0.2) is 0 Å². The van der Waals surface area contributed by atoms with Crippen molar-refractivity contribution in [2.75, 3.05) is 6.54 Å². The number of amides is 4. The van der Waals surface area contributed by atoms with E-state index in [0.29, 0.717) is 49.2 Å². The monoisotopic (exact) mass is 636 g/mol. The predicted octanol–water partition coefficient (Wildman–Crippen LogP) is 3.57. The zero-order valence-electron chi connectivity index (χ0n) is 24.9. The fraction of sp³-hybridized carbons (Fsp3) is 0.600. The molecule has 2 heterocycles. The van der Waals surface area contributed by atoms with Crippen LogP contribution in [0.5, 0.6) is 0 Å². The molecule has 1 aromatic carbocycles. The molecule has 0 bridgehead atoms. The third kappa shape index (κ3) is 8.72. The number of nitrogens with one attached hydrogen (secondary N) is 3. The molecule has 4 rings (SSSR count). The van der Waals surface area contributed by atoms with Crippen LogP contribution in [-0.2, 0) is 34.9 Å². The van der Waals surface area contributed by atoms with Gasteiger partial charge in [0.1, 0.15) is 23.2 Å². The van der Waals surface area contributed by atoms with Crippen LogP contribution in [0, 0.1) is 5.92 Å². The van der Waals surface area contributed by atoms with Gasteiger partial charge in [-0.25, -0.2) is 13.2 Å². The first-order chi connectivity index (χ1) is 20.2. The van der Waals surface area contributed by atoms with Crippen LogP contribution in [0.4, 0.5) is 4.79 Å². The molecule has 1 saturated heterocycles. The molecule has 0 spiro atoms.